The minimum atomic E-state index is -0.250. The zero-order chi connectivity index (χ0) is 14.0. The molecule has 0 saturated heterocycles. The Kier molecular flexibility index (Phi) is 4.44. The quantitative estimate of drug-likeness (QED) is 0.912. The van der Waals surface area contributed by atoms with Gasteiger partial charge in [-0.1, -0.05) is 11.6 Å². The monoisotopic (exact) mass is 359 g/mol. The smallest absolute Gasteiger partial charge is 0.274 e. The molecule has 0 aliphatic heterocycles. The second-order valence-electron chi connectivity index (χ2n) is 3.99. The summed E-state index contributed by atoms with van der Waals surface area (Å²) in [5.41, 5.74) is 6.80. The van der Waals surface area contributed by atoms with Crippen LogP contribution in [-0.2, 0) is 6.54 Å². The lowest BCUT2D eigenvalue weighted by Gasteiger charge is -2.16. The molecule has 2 N–H and O–H groups in total. The van der Waals surface area contributed by atoms with E-state index in [4.69, 9.17) is 17.3 Å². The van der Waals surface area contributed by atoms with Gasteiger partial charge in [-0.2, -0.15) is 0 Å². The predicted octanol–water partition coefficient (Wildman–Crippen LogP) is 3.41. The van der Waals surface area contributed by atoms with Gasteiger partial charge in [-0.05, 0) is 45.1 Å². The summed E-state index contributed by atoms with van der Waals surface area (Å²) in [4.78, 5) is 17.8. The molecule has 2 aromatic rings. The van der Waals surface area contributed by atoms with Crippen molar-refractivity contribution in [2.45, 2.75) is 6.54 Å². The van der Waals surface area contributed by atoms with Crippen LogP contribution in [0.4, 0.5) is 5.82 Å². The molecule has 1 amide bonds. The van der Waals surface area contributed by atoms with Crippen LogP contribution in [-0.4, -0.2) is 22.8 Å². The Morgan fingerprint density at radius 2 is 2.32 bits per heavy atom. The number of amides is 1. The molecule has 7 heteroatoms. The van der Waals surface area contributed by atoms with Gasteiger partial charge in [-0.15, -0.1) is 11.3 Å². The maximum atomic E-state index is 12.2. The first kappa shape index (κ1) is 14.3. The van der Waals surface area contributed by atoms with E-state index in [0.29, 0.717) is 11.6 Å². The maximum absolute atomic E-state index is 12.2. The minimum absolute atomic E-state index is 0.179. The molecule has 4 nitrogen and oxygen atoms in total. The van der Waals surface area contributed by atoms with Crippen LogP contribution in [0.2, 0.25) is 5.02 Å². The third-order valence-corrected chi connectivity index (χ3v) is 4.32. The number of thiophene rings is 1. The number of halogens is 2. The molecule has 0 unspecified atom stereocenters. The fourth-order valence-electron chi connectivity index (χ4n) is 1.56. The van der Waals surface area contributed by atoms with Crippen molar-refractivity contribution in [2.24, 2.45) is 0 Å². The summed E-state index contributed by atoms with van der Waals surface area (Å²) in [6.45, 7) is 0.494. The zero-order valence-corrected chi connectivity index (χ0v) is 13.2. The van der Waals surface area contributed by atoms with Crippen molar-refractivity contribution in [3.8, 4) is 0 Å². The summed E-state index contributed by atoms with van der Waals surface area (Å²) in [7, 11) is 1.70. The molecule has 0 fully saturated rings. The third-order valence-electron chi connectivity index (χ3n) is 2.46. The molecule has 0 aliphatic rings. The van der Waals surface area contributed by atoms with Crippen LogP contribution >= 0.6 is 38.9 Å². The van der Waals surface area contributed by atoms with Crippen molar-refractivity contribution in [1.29, 1.82) is 0 Å². The highest BCUT2D eigenvalue weighted by molar-refractivity contribution is 9.11. The minimum Gasteiger partial charge on any atom is -0.384 e. The van der Waals surface area contributed by atoms with Crippen molar-refractivity contribution in [1.82, 2.24) is 9.88 Å². The molecular formula is C12H11BrClN3OS. The lowest BCUT2D eigenvalue weighted by atomic mass is 10.2. The Hall–Kier alpha value is -1.11. The van der Waals surface area contributed by atoms with Crippen LogP contribution in [0.3, 0.4) is 0 Å². The van der Waals surface area contributed by atoms with Gasteiger partial charge in [0.2, 0.25) is 0 Å². The van der Waals surface area contributed by atoms with E-state index in [1.807, 2.05) is 11.4 Å². The highest BCUT2D eigenvalue weighted by atomic mass is 79.9. The Morgan fingerprint density at radius 1 is 1.58 bits per heavy atom. The molecule has 2 aromatic heterocycles. The molecule has 2 rings (SSSR count). The van der Waals surface area contributed by atoms with Crippen molar-refractivity contribution >= 4 is 50.6 Å². The fourth-order valence-corrected chi connectivity index (χ4v) is 2.95. The highest BCUT2D eigenvalue weighted by Gasteiger charge is 2.17. The normalized spacial score (nSPS) is 10.5. The van der Waals surface area contributed by atoms with Crippen molar-refractivity contribution in [3.63, 3.8) is 0 Å². The molecule has 2 heterocycles. The summed E-state index contributed by atoms with van der Waals surface area (Å²) in [5.74, 6) is 0.0269. The van der Waals surface area contributed by atoms with Gasteiger partial charge in [0.1, 0.15) is 11.5 Å². The molecule has 0 saturated carbocycles. The molecular weight excluding hydrogens is 350 g/mol. The number of nitrogens with two attached hydrogens (primary N) is 1. The SMILES string of the molecule is CN(Cc1csc(Br)c1)C(=O)c1nc(N)ccc1Cl. The summed E-state index contributed by atoms with van der Waals surface area (Å²) in [6.07, 6.45) is 0. The Balaban J connectivity index is 2.16. The lowest BCUT2D eigenvalue weighted by Crippen LogP contribution is -2.27. The first-order valence-electron chi connectivity index (χ1n) is 5.38. The van der Waals surface area contributed by atoms with Crippen LogP contribution in [0.15, 0.2) is 27.4 Å². The topological polar surface area (TPSA) is 59.2 Å². The largest absolute Gasteiger partial charge is 0.384 e. The average Bonchev–Trinajstić information content (AvgIpc) is 2.77. The number of pyridine rings is 1. The van der Waals surface area contributed by atoms with Crippen LogP contribution in [0.25, 0.3) is 0 Å². The predicted molar refractivity (Wildman–Crippen MR) is 81.5 cm³/mol. The number of hydrogen-bond acceptors (Lipinski definition) is 4. The molecule has 0 atom stereocenters. The average molecular weight is 361 g/mol. The van der Waals surface area contributed by atoms with Crippen LogP contribution < -0.4 is 5.73 Å². The molecule has 19 heavy (non-hydrogen) atoms. The van der Waals surface area contributed by atoms with Gasteiger partial charge >= 0.3 is 0 Å². The number of nitrogens with zero attached hydrogens (tertiary/aromatic N) is 2. The van der Waals surface area contributed by atoms with E-state index in [9.17, 15) is 4.79 Å². The van der Waals surface area contributed by atoms with E-state index in [0.717, 1.165) is 9.35 Å². The summed E-state index contributed by atoms with van der Waals surface area (Å²) in [5, 5.41) is 2.29. The van der Waals surface area contributed by atoms with Gasteiger partial charge in [0.05, 0.1) is 8.81 Å². The van der Waals surface area contributed by atoms with E-state index in [1.54, 1.807) is 35.4 Å². The molecule has 0 spiro atoms. The second-order valence-corrected chi connectivity index (χ2v) is 6.68. The summed E-state index contributed by atoms with van der Waals surface area (Å²) in [6, 6.07) is 5.12. The Labute approximate surface area is 128 Å². The van der Waals surface area contributed by atoms with Gasteiger partial charge in [-0.25, -0.2) is 4.98 Å². The van der Waals surface area contributed by atoms with E-state index in [1.165, 1.54) is 0 Å². The molecule has 0 aromatic carbocycles. The van der Waals surface area contributed by atoms with Crippen molar-refractivity contribution < 1.29 is 4.79 Å². The number of nitrogen functional groups attached to an aromatic ring is 1. The zero-order valence-electron chi connectivity index (χ0n) is 10.1. The number of carbonyl (C=O) groups excluding carboxylic acids is 1. The first-order chi connectivity index (χ1) is 8.97. The Morgan fingerprint density at radius 3 is 2.95 bits per heavy atom. The summed E-state index contributed by atoms with van der Waals surface area (Å²) < 4.78 is 1.03. The van der Waals surface area contributed by atoms with E-state index < -0.39 is 0 Å². The molecule has 0 aliphatic carbocycles. The van der Waals surface area contributed by atoms with E-state index in [2.05, 4.69) is 20.9 Å². The maximum Gasteiger partial charge on any atom is 0.274 e. The number of rotatable bonds is 3. The van der Waals surface area contributed by atoms with E-state index in [-0.39, 0.29) is 17.4 Å². The standard InChI is InChI=1S/C12H11BrClN3OS/c1-17(5-7-4-9(13)19-6-7)12(18)11-8(14)2-3-10(15)16-11/h2-4,6H,5H2,1H3,(H2,15,16). The molecule has 100 valence electrons. The number of carbonyl (C=O) groups is 1. The number of hydrogen-bond donors (Lipinski definition) is 1. The lowest BCUT2D eigenvalue weighted by molar-refractivity contribution is 0.0780. The van der Waals surface area contributed by atoms with Gasteiger partial charge < -0.3 is 10.6 Å². The number of anilines is 1. The highest BCUT2D eigenvalue weighted by Crippen LogP contribution is 2.22. The van der Waals surface area contributed by atoms with Crippen molar-refractivity contribution in [2.75, 3.05) is 12.8 Å². The third kappa shape index (κ3) is 3.46. The van der Waals surface area contributed by atoms with Gasteiger partial charge in [0.25, 0.3) is 5.91 Å². The molecule has 0 bridgehead atoms. The second kappa shape index (κ2) is 5.90. The molecule has 0 radical (unpaired) electrons. The fraction of sp³-hybridized carbons (Fsp3) is 0.167. The Bertz CT molecular complexity index is 617. The first-order valence-corrected chi connectivity index (χ1v) is 7.43. The van der Waals surface area contributed by atoms with Crippen molar-refractivity contribution in [3.05, 3.63) is 43.6 Å². The van der Waals surface area contributed by atoms with Gasteiger partial charge in [-0.3, -0.25) is 4.79 Å². The van der Waals surface area contributed by atoms with Crippen LogP contribution in [0.5, 0.6) is 0 Å². The summed E-state index contributed by atoms with van der Waals surface area (Å²) >= 11 is 10.9. The number of aromatic nitrogens is 1. The van der Waals surface area contributed by atoms with E-state index >= 15 is 0 Å². The van der Waals surface area contributed by atoms with Crippen LogP contribution in [0, 0.1) is 0 Å². The van der Waals surface area contributed by atoms with Crippen LogP contribution in [0.1, 0.15) is 16.1 Å². The van der Waals surface area contributed by atoms with Gasteiger partial charge in [0, 0.05) is 13.6 Å². The van der Waals surface area contributed by atoms with Gasteiger partial charge in [0.15, 0.2) is 0 Å².